The van der Waals surface area contributed by atoms with Crippen molar-refractivity contribution in [3.63, 3.8) is 0 Å². The van der Waals surface area contributed by atoms with Crippen molar-refractivity contribution in [3.8, 4) is 11.4 Å². The van der Waals surface area contributed by atoms with Gasteiger partial charge in [0, 0.05) is 18.8 Å². The van der Waals surface area contributed by atoms with Crippen LogP contribution in [-0.2, 0) is 0 Å². The molecule has 2 aromatic heterocycles. The van der Waals surface area contributed by atoms with E-state index in [2.05, 4.69) is 32.4 Å². The summed E-state index contributed by atoms with van der Waals surface area (Å²) in [5.41, 5.74) is 0.870. The van der Waals surface area contributed by atoms with Gasteiger partial charge in [0.15, 0.2) is 0 Å². The highest BCUT2D eigenvalue weighted by molar-refractivity contribution is 5.55. The van der Waals surface area contributed by atoms with E-state index < -0.39 is 0 Å². The quantitative estimate of drug-likeness (QED) is 0.908. The van der Waals surface area contributed by atoms with Gasteiger partial charge in [-0.3, -0.25) is 4.90 Å². The van der Waals surface area contributed by atoms with Gasteiger partial charge in [0.05, 0.1) is 6.04 Å². The molecule has 3 heterocycles. The van der Waals surface area contributed by atoms with E-state index in [-0.39, 0.29) is 6.04 Å². The van der Waals surface area contributed by atoms with Gasteiger partial charge in [0.25, 0.3) is 0 Å². The van der Waals surface area contributed by atoms with Crippen molar-refractivity contribution >= 4 is 5.82 Å². The third-order valence-electron chi connectivity index (χ3n) is 3.53. The maximum Gasteiger partial charge on any atom is 0.244 e. The fourth-order valence-electron chi connectivity index (χ4n) is 2.38. The van der Waals surface area contributed by atoms with Crippen LogP contribution in [0.1, 0.15) is 24.8 Å². The number of pyridine rings is 1. The van der Waals surface area contributed by atoms with Crippen LogP contribution >= 0.6 is 0 Å². The average molecular weight is 259 g/mol. The first-order valence-corrected chi connectivity index (χ1v) is 6.46. The Morgan fingerprint density at radius 2 is 2.32 bits per heavy atom. The zero-order valence-corrected chi connectivity index (χ0v) is 11.1. The monoisotopic (exact) mass is 259 g/mol. The van der Waals surface area contributed by atoms with Crippen molar-refractivity contribution in [3.05, 3.63) is 24.2 Å². The number of hydrogen-bond donors (Lipinski definition) is 1. The first kappa shape index (κ1) is 12.1. The van der Waals surface area contributed by atoms with Gasteiger partial charge < -0.3 is 9.84 Å². The lowest BCUT2D eigenvalue weighted by Crippen LogP contribution is -2.17. The second-order valence-electron chi connectivity index (χ2n) is 4.78. The molecule has 1 aliphatic rings. The summed E-state index contributed by atoms with van der Waals surface area (Å²) in [5, 5.41) is 7.03. The summed E-state index contributed by atoms with van der Waals surface area (Å²) in [6.07, 6.45) is 4.01. The van der Waals surface area contributed by atoms with E-state index in [1.54, 1.807) is 6.20 Å². The van der Waals surface area contributed by atoms with E-state index in [0.717, 1.165) is 24.3 Å². The van der Waals surface area contributed by atoms with Crippen molar-refractivity contribution in [2.75, 3.05) is 26.0 Å². The molecular formula is C13H17N5O. The molecule has 0 aromatic carbocycles. The van der Waals surface area contributed by atoms with Gasteiger partial charge in [-0.2, -0.15) is 4.98 Å². The lowest BCUT2D eigenvalue weighted by molar-refractivity contribution is 0.245. The van der Waals surface area contributed by atoms with Gasteiger partial charge in [0.1, 0.15) is 5.82 Å². The topological polar surface area (TPSA) is 67.1 Å². The summed E-state index contributed by atoms with van der Waals surface area (Å²) in [6.45, 7) is 1.08. The molecule has 6 nitrogen and oxygen atoms in total. The molecule has 0 spiro atoms. The van der Waals surface area contributed by atoms with Crippen LogP contribution in [0, 0.1) is 0 Å². The van der Waals surface area contributed by atoms with Gasteiger partial charge in [-0.05, 0) is 38.6 Å². The second kappa shape index (κ2) is 4.97. The molecule has 0 saturated carbocycles. The van der Waals surface area contributed by atoms with Crippen LogP contribution in [0.25, 0.3) is 11.4 Å². The van der Waals surface area contributed by atoms with E-state index >= 15 is 0 Å². The Morgan fingerprint density at radius 3 is 2.95 bits per heavy atom. The van der Waals surface area contributed by atoms with E-state index in [1.807, 2.05) is 19.2 Å². The molecule has 3 rings (SSSR count). The van der Waals surface area contributed by atoms with Crippen LogP contribution in [0.3, 0.4) is 0 Å². The van der Waals surface area contributed by atoms with Gasteiger partial charge in [-0.25, -0.2) is 4.98 Å². The van der Waals surface area contributed by atoms with Crippen molar-refractivity contribution in [1.29, 1.82) is 0 Å². The van der Waals surface area contributed by atoms with Crippen molar-refractivity contribution in [2.45, 2.75) is 18.9 Å². The molecule has 19 heavy (non-hydrogen) atoms. The molecule has 0 bridgehead atoms. The number of likely N-dealkylation sites (tertiary alicyclic amines) is 1. The van der Waals surface area contributed by atoms with Crippen LogP contribution in [-0.4, -0.2) is 40.7 Å². The lowest BCUT2D eigenvalue weighted by atomic mass is 10.2. The Bertz CT molecular complexity index is 550. The Morgan fingerprint density at radius 1 is 1.42 bits per heavy atom. The molecule has 1 atom stereocenters. The van der Waals surface area contributed by atoms with Crippen molar-refractivity contribution in [1.82, 2.24) is 20.0 Å². The number of anilines is 1. The van der Waals surface area contributed by atoms with Gasteiger partial charge in [-0.1, -0.05) is 5.16 Å². The summed E-state index contributed by atoms with van der Waals surface area (Å²) in [4.78, 5) is 11.0. The maximum absolute atomic E-state index is 5.38. The molecule has 0 amide bonds. The predicted molar refractivity (Wildman–Crippen MR) is 71.7 cm³/mol. The third-order valence-corrected chi connectivity index (χ3v) is 3.53. The third kappa shape index (κ3) is 2.31. The van der Waals surface area contributed by atoms with Crippen LogP contribution in [0.15, 0.2) is 22.9 Å². The minimum atomic E-state index is 0.255. The Labute approximate surface area is 111 Å². The molecule has 2 aromatic rings. The van der Waals surface area contributed by atoms with Gasteiger partial charge >= 0.3 is 0 Å². The van der Waals surface area contributed by atoms with Crippen LogP contribution in [0.4, 0.5) is 5.82 Å². The number of nitrogens with one attached hydrogen (secondary N) is 1. The van der Waals surface area contributed by atoms with Crippen LogP contribution < -0.4 is 5.32 Å². The molecule has 1 N–H and O–H groups in total. The fraction of sp³-hybridized carbons (Fsp3) is 0.462. The van der Waals surface area contributed by atoms with E-state index in [4.69, 9.17) is 4.52 Å². The van der Waals surface area contributed by atoms with Gasteiger partial charge in [-0.15, -0.1) is 0 Å². The molecule has 0 unspecified atom stereocenters. The number of rotatable bonds is 3. The summed E-state index contributed by atoms with van der Waals surface area (Å²) < 4.78 is 5.38. The standard InChI is InChI=1S/C13H17N5O/c1-14-11-6-5-9(8-15-11)12-16-13(19-17-12)10-4-3-7-18(10)2/h5-6,8,10H,3-4,7H2,1-2H3,(H,14,15)/t10-/m1/s1. The Balaban J connectivity index is 1.83. The first-order valence-electron chi connectivity index (χ1n) is 6.46. The minimum absolute atomic E-state index is 0.255. The highest BCUT2D eigenvalue weighted by Crippen LogP contribution is 2.30. The second-order valence-corrected chi connectivity index (χ2v) is 4.78. The van der Waals surface area contributed by atoms with E-state index in [0.29, 0.717) is 11.7 Å². The summed E-state index contributed by atoms with van der Waals surface area (Å²) in [6, 6.07) is 4.09. The summed E-state index contributed by atoms with van der Waals surface area (Å²) in [5.74, 6) is 2.13. The molecular weight excluding hydrogens is 242 g/mol. The molecule has 1 aliphatic heterocycles. The highest BCUT2D eigenvalue weighted by Gasteiger charge is 2.27. The van der Waals surface area contributed by atoms with E-state index in [9.17, 15) is 0 Å². The molecule has 6 heteroatoms. The smallest absolute Gasteiger partial charge is 0.244 e. The van der Waals surface area contributed by atoms with Crippen molar-refractivity contribution < 1.29 is 4.52 Å². The summed E-state index contributed by atoms with van der Waals surface area (Å²) in [7, 11) is 3.93. The maximum atomic E-state index is 5.38. The molecule has 0 aliphatic carbocycles. The van der Waals surface area contributed by atoms with Crippen LogP contribution in [0.2, 0.25) is 0 Å². The van der Waals surface area contributed by atoms with E-state index in [1.165, 1.54) is 6.42 Å². The zero-order chi connectivity index (χ0) is 13.2. The Kier molecular flexibility index (Phi) is 3.16. The highest BCUT2D eigenvalue weighted by atomic mass is 16.5. The van der Waals surface area contributed by atoms with Gasteiger partial charge in [0.2, 0.25) is 11.7 Å². The molecule has 1 saturated heterocycles. The largest absolute Gasteiger partial charge is 0.373 e. The van der Waals surface area contributed by atoms with Crippen molar-refractivity contribution in [2.24, 2.45) is 0 Å². The normalized spacial score (nSPS) is 19.8. The Hall–Kier alpha value is -1.95. The molecule has 1 fully saturated rings. The first-order chi connectivity index (χ1) is 9.28. The summed E-state index contributed by atoms with van der Waals surface area (Å²) >= 11 is 0. The fourth-order valence-corrected chi connectivity index (χ4v) is 2.38. The van der Waals surface area contributed by atoms with Crippen LogP contribution in [0.5, 0.6) is 0 Å². The number of hydrogen-bond acceptors (Lipinski definition) is 6. The zero-order valence-electron chi connectivity index (χ0n) is 11.1. The lowest BCUT2D eigenvalue weighted by Gasteiger charge is -2.14. The number of aromatic nitrogens is 3. The number of nitrogens with zero attached hydrogens (tertiary/aromatic N) is 4. The predicted octanol–water partition coefficient (Wildman–Crippen LogP) is 1.94. The minimum Gasteiger partial charge on any atom is -0.373 e. The average Bonchev–Trinajstić information content (AvgIpc) is 3.07. The SMILES string of the molecule is CNc1ccc(-c2noc([C@H]3CCCN3C)n2)cn1. The molecule has 100 valence electrons. The molecule has 0 radical (unpaired) electrons.